The summed E-state index contributed by atoms with van der Waals surface area (Å²) in [7, 11) is 1.85. The molecule has 0 atom stereocenters. The zero-order chi connectivity index (χ0) is 13.1. The maximum absolute atomic E-state index is 12.1. The quantitative estimate of drug-likeness (QED) is 0.861. The van der Waals surface area contributed by atoms with Crippen LogP contribution in [0.5, 0.6) is 0 Å². The molecule has 5 heteroatoms. The molecular formula is C13H14IN3O. The lowest BCUT2D eigenvalue weighted by atomic mass is 10.2. The lowest BCUT2D eigenvalue weighted by molar-refractivity contribution is 0.102. The Hall–Kier alpha value is -1.37. The van der Waals surface area contributed by atoms with E-state index in [1.54, 1.807) is 4.68 Å². The van der Waals surface area contributed by atoms with Gasteiger partial charge in [-0.15, -0.1) is 0 Å². The average molecular weight is 355 g/mol. The molecule has 0 spiro atoms. The van der Waals surface area contributed by atoms with Crippen molar-refractivity contribution in [3.8, 4) is 0 Å². The van der Waals surface area contributed by atoms with Crippen molar-refractivity contribution >= 4 is 34.2 Å². The second-order valence-electron chi connectivity index (χ2n) is 3.98. The highest BCUT2D eigenvalue weighted by Crippen LogP contribution is 2.15. The smallest absolute Gasteiger partial charge is 0.255 e. The molecule has 1 aromatic heterocycles. The summed E-state index contributed by atoms with van der Waals surface area (Å²) in [5.41, 5.74) is 2.33. The summed E-state index contributed by atoms with van der Waals surface area (Å²) in [6, 6.07) is 7.47. The van der Waals surface area contributed by atoms with Crippen LogP contribution in [0.4, 0.5) is 5.69 Å². The van der Waals surface area contributed by atoms with Crippen LogP contribution < -0.4 is 5.32 Å². The summed E-state index contributed by atoms with van der Waals surface area (Å²) in [5, 5.41) is 7.18. The van der Waals surface area contributed by atoms with E-state index in [1.165, 1.54) is 0 Å². The van der Waals surface area contributed by atoms with E-state index in [-0.39, 0.29) is 5.91 Å². The number of nitrogens with one attached hydrogen (secondary N) is 1. The number of hydrogen-bond acceptors (Lipinski definition) is 2. The van der Waals surface area contributed by atoms with Crippen LogP contribution in [0.15, 0.2) is 30.5 Å². The van der Waals surface area contributed by atoms with E-state index in [2.05, 4.69) is 33.0 Å². The van der Waals surface area contributed by atoms with Crippen LogP contribution in [0.1, 0.15) is 23.0 Å². The van der Waals surface area contributed by atoms with E-state index in [9.17, 15) is 4.79 Å². The van der Waals surface area contributed by atoms with Gasteiger partial charge in [0.25, 0.3) is 5.91 Å². The molecule has 0 aliphatic heterocycles. The number of aromatic nitrogens is 2. The molecule has 0 radical (unpaired) electrons. The van der Waals surface area contributed by atoms with Gasteiger partial charge in [-0.25, -0.2) is 0 Å². The van der Waals surface area contributed by atoms with Gasteiger partial charge in [0.2, 0.25) is 0 Å². The third kappa shape index (κ3) is 2.90. The van der Waals surface area contributed by atoms with Gasteiger partial charge >= 0.3 is 0 Å². The van der Waals surface area contributed by atoms with Gasteiger partial charge in [0.1, 0.15) is 0 Å². The number of benzene rings is 1. The van der Waals surface area contributed by atoms with Crippen LogP contribution in [0.2, 0.25) is 0 Å². The minimum Gasteiger partial charge on any atom is -0.319 e. The van der Waals surface area contributed by atoms with Crippen molar-refractivity contribution < 1.29 is 4.79 Å². The normalized spacial score (nSPS) is 10.4. The van der Waals surface area contributed by atoms with Crippen molar-refractivity contribution in [2.24, 2.45) is 7.05 Å². The van der Waals surface area contributed by atoms with Crippen LogP contribution in [0.3, 0.4) is 0 Å². The van der Waals surface area contributed by atoms with Crippen molar-refractivity contribution in [1.29, 1.82) is 0 Å². The van der Waals surface area contributed by atoms with E-state index in [0.717, 1.165) is 21.4 Å². The number of rotatable bonds is 3. The molecule has 1 amide bonds. The fraction of sp³-hybridized carbons (Fsp3) is 0.231. The minimum atomic E-state index is -0.103. The highest BCUT2D eigenvalue weighted by atomic mass is 127. The van der Waals surface area contributed by atoms with Crippen LogP contribution in [-0.2, 0) is 13.5 Å². The van der Waals surface area contributed by atoms with Crippen molar-refractivity contribution in [3.05, 3.63) is 45.3 Å². The Morgan fingerprint density at radius 3 is 2.67 bits per heavy atom. The van der Waals surface area contributed by atoms with Gasteiger partial charge in [0.15, 0.2) is 0 Å². The third-order valence-electron chi connectivity index (χ3n) is 2.59. The molecule has 94 valence electrons. The molecule has 0 aliphatic rings. The van der Waals surface area contributed by atoms with E-state index >= 15 is 0 Å². The largest absolute Gasteiger partial charge is 0.319 e. The fourth-order valence-electron chi connectivity index (χ4n) is 1.70. The van der Waals surface area contributed by atoms with Gasteiger partial charge in [0, 0.05) is 22.4 Å². The minimum absolute atomic E-state index is 0.103. The Morgan fingerprint density at radius 2 is 2.06 bits per heavy atom. The average Bonchev–Trinajstić information content (AvgIpc) is 2.70. The predicted molar refractivity (Wildman–Crippen MR) is 79.7 cm³/mol. The first kappa shape index (κ1) is 13.1. The van der Waals surface area contributed by atoms with Crippen LogP contribution >= 0.6 is 22.6 Å². The first-order chi connectivity index (χ1) is 8.60. The molecule has 0 saturated carbocycles. The van der Waals surface area contributed by atoms with Gasteiger partial charge in [-0.05, 0) is 53.3 Å². The van der Waals surface area contributed by atoms with E-state index in [1.807, 2.05) is 44.4 Å². The molecule has 0 bridgehead atoms. The fourth-order valence-corrected chi connectivity index (χ4v) is 2.06. The molecule has 0 fully saturated rings. The number of anilines is 1. The van der Waals surface area contributed by atoms with Crippen molar-refractivity contribution in [2.45, 2.75) is 13.3 Å². The Bertz CT molecular complexity index is 560. The molecular weight excluding hydrogens is 341 g/mol. The summed E-state index contributed by atoms with van der Waals surface area (Å²) in [6.07, 6.45) is 2.62. The Kier molecular flexibility index (Phi) is 4.00. The van der Waals surface area contributed by atoms with Crippen LogP contribution in [-0.4, -0.2) is 15.7 Å². The number of halogens is 1. The molecule has 18 heavy (non-hydrogen) atoms. The standard InChI is InChI=1S/C13H14IN3O/c1-3-11-12(8-17(2)16-11)15-13(18)9-4-6-10(14)7-5-9/h4-8H,3H2,1-2H3,(H,15,18). The maximum atomic E-state index is 12.1. The lowest BCUT2D eigenvalue weighted by Crippen LogP contribution is -2.12. The van der Waals surface area contributed by atoms with Crippen molar-refractivity contribution in [3.63, 3.8) is 0 Å². The zero-order valence-electron chi connectivity index (χ0n) is 10.3. The SMILES string of the molecule is CCc1nn(C)cc1NC(=O)c1ccc(I)cc1. The van der Waals surface area contributed by atoms with Crippen molar-refractivity contribution in [1.82, 2.24) is 9.78 Å². The molecule has 1 heterocycles. The van der Waals surface area contributed by atoms with Gasteiger partial charge in [-0.1, -0.05) is 6.92 Å². The molecule has 2 rings (SSSR count). The van der Waals surface area contributed by atoms with Crippen molar-refractivity contribution in [2.75, 3.05) is 5.32 Å². The summed E-state index contributed by atoms with van der Waals surface area (Å²) in [5.74, 6) is -0.103. The van der Waals surface area contributed by atoms with Gasteiger partial charge in [-0.3, -0.25) is 9.48 Å². The molecule has 2 aromatic rings. The van der Waals surface area contributed by atoms with E-state index in [4.69, 9.17) is 0 Å². The molecule has 4 nitrogen and oxygen atoms in total. The molecule has 1 aromatic carbocycles. The van der Waals surface area contributed by atoms with Crippen LogP contribution in [0.25, 0.3) is 0 Å². The summed E-state index contributed by atoms with van der Waals surface area (Å²) < 4.78 is 2.82. The lowest BCUT2D eigenvalue weighted by Gasteiger charge is -2.04. The number of carbonyl (C=O) groups is 1. The van der Waals surface area contributed by atoms with Gasteiger partial charge < -0.3 is 5.32 Å². The molecule has 0 unspecified atom stereocenters. The second-order valence-corrected chi connectivity index (χ2v) is 5.22. The highest BCUT2D eigenvalue weighted by molar-refractivity contribution is 14.1. The molecule has 0 saturated heterocycles. The van der Waals surface area contributed by atoms with E-state index in [0.29, 0.717) is 5.56 Å². The third-order valence-corrected chi connectivity index (χ3v) is 3.31. The number of aryl methyl sites for hydroxylation is 2. The summed E-state index contributed by atoms with van der Waals surface area (Å²) in [6.45, 7) is 2.02. The highest BCUT2D eigenvalue weighted by Gasteiger charge is 2.11. The zero-order valence-corrected chi connectivity index (χ0v) is 12.4. The number of nitrogens with zero attached hydrogens (tertiary/aromatic N) is 2. The first-order valence-corrected chi connectivity index (χ1v) is 6.77. The van der Waals surface area contributed by atoms with Gasteiger partial charge in [0.05, 0.1) is 11.4 Å². The Balaban J connectivity index is 2.18. The Morgan fingerprint density at radius 1 is 1.39 bits per heavy atom. The van der Waals surface area contributed by atoms with Crippen LogP contribution in [0, 0.1) is 3.57 Å². The molecule has 1 N–H and O–H groups in total. The summed E-state index contributed by atoms with van der Waals surface area (Å²) in [4.78, 5) is 12.1. The predicted octanol–water partition coefficient (Wildman–Crippen LogP) is 2.84. The summed E-state index contributed by atoms with van der Waals surface area (Å²) >= 11 is 2.21. The number of hydrogen-bond donors (Lipinski definition) is 1. The number of carbonyl (C=O) groups excluding carboxylic acids is 1. The maximum Gasteiger partial charge on any atom is 0.255 e. The Labute approximate surface area is 120 Å². The second kappa shape index (κ2) is 5.51. The molecule has 0 aliphatic carbocycles. The van der Waals surface area contributed by atoms with E-state index < -0.39 is 0 Å². The topological polar surface area (TPSA) is 46.9 Å². The first-order valence-electron chi connectivity index (χ1n) is 5.69. The van der Waals surface area contributed by atoms with Gasteiger partial charge in [-0.2, -0.15) is 5.10 Å². The number of amides is 1. The monoisotopic (exact) mass is 355 g/mol.